The van der Waals surface area contributed by atoms with Gasteiger partial charge in [-0.1, -0.05) is 19.4 Å². The second kappa shape index (κ2) is 6.49. The van der Waals surface area contributed by atoms with Gasteiger partial charge in [-0.3, -0.25) is 14.9 Å². The molecular weight excluding hydrogens is 288 g/mol. The minimum absolute atomic E-state index is 0.0400. The van der Waals surface area contributed by atoms with E-state index in [-0.39, 0.29) is 11.6 Å². The molecule has 0 aliphatic rings. The van der Waals surface area contributed by atoms with Crippen LogP contribution in [0.15, 0.2) is 30.3 Å². The summed E-state index contributed by atoms with van der Waals surface area (Å²) >= 11 is 1.45. The summed E-state index contributed by atoms with van der Waals surface area (Å²) in [5, 5.41) is 13.4. The molecule has 0 bridgehead atoms. The number of non-ortho nitro benzene ring substituents is 1. The van der Waals surface area contributed by atoms with E-state index in [1.807, 2.05) is 13.0 Å². The number of nitro benzene ring substituents is 1. The van der Waals surface area contributed by atoms with Crippen LogP contribution in [0.4, 0.5) is 11.4 Å². The Morgan fingerprint density at radius 2 is 2.14 bits per heavy atom. The largest absolute Gasteiger partial charge is 0.321 e. The van der Waals surface area contributed by atoms with Crippen molar-refractivity contribution in [2.24, 2.45) is 0 Å². The fraction of sp³-hybridized carbons (Fsp3) is 0.267. The van der Waals surface area contributed by atoms with E-state index in [4.69, 9.17) is 0 Å². The normalized spacial score (nSPS) is 10.4. The van der Waals surface area contributed by atoms with Crippen LogP contribution in [0.2, 0.25) is 0 Å². The summed E-state index contributed by atoms with van der Waals surface area (Å²) in [6.07, 6.45) is 1.98. The molecule has 0 atom stereocenters. The molecule has 110 valence electrons. The Morgan fingerprint density at radius 3 is 2.81 bits per heavy atom. The maximum absolute atomic E-state index is 12.2. The number of hydrogen-bond acceptors (Lipinski definition) is 4. The van der Waals surface area contributed by atoms with E-state index in [0.29, 0.717) is 10.6 Å². The Labute approximate surface area is 126 Å². The fourth-order valence-electron chi connectivity index (χ4n) is 2.04. The van der Waals surface area contributed by atoms with Crippen LogP contribution in [0.5, 0.6) is 0 Å². The number of benzene rings is 1. The molecular formula is C15H16N2O3S. The second-order valence-corrected chi connectivity index (χ2v) is 5.96. The molecule has 1 aromatic heterocycles. The summed E-state index contributed by atoms with van der Waals surface area (Å²) in [5.41, 5.74) is 1.57. The van der Waals surface area contributed by atoms with Gasteiger partial charge >= 0.3 is 0 Å². The van der Waals surface area contributed by atoms with Crippen molar-refractivity contribution in [2.45, 2.75) is 26.7 Å². The molecule has 1 aromatic carbocycles. The Morgan fingerprint density at radius 1 is 1.38 bits per heavy atom. The van der Waals surface area contributed by atoms with Crippen LogP contribution in [0.3, 0.4) is 0 Å². The van der Waals surface area contributed by atoms with E-state index in [2.05, 4.69) is 12.2 Å². The van der Waals surface area contributed by atoms with Gasteiger partial charge in [0.25, 0.3) is 11.6 Å². The summed E-state index contributed by atoms with van der Waals surface area (Å²) in [5.74, 6) is -0.231. The van der Waals surface area contributed by atoms with Gasteiger partial charge in [-0.15, -0.1) is 11.3 Å². The Balaban J connectivity index is 2.16. The predicted molar refractivity (Wildman–Crippen MR) is 84.1 cm³/mol. The molecule has 21 heavy (non-hydrogen) atoms. The van der Waals surface area contributed by atoms with Crippen molar-refractivity contribution >= 4 is 28.6 Å². The molecule has 0 fully saturated rings. The van der Waals surface area contributed by atoms with Gasteiger partial charge in [-0.05, 0) is 31.0 Å². The highest BCUT2D eigenvalue weighted by Crippen LogP contribution is 2.24. The van der Waals surface area contributed by atoms with Crippen LogP contribution in [-0.2, 0) is 6.42 Å². The number of nitrogens with zero attached hydrogens (tertiary/aromatic N) is 1. The first-order valence-corrected chi connectivity index (χ1v) is 7.48. The van der Waals surface area contributed by atoms with Crippen LogP contribution in [0, 0.1) is 17.0 Å². The van der Waals surface area contributed by atoms with Crippen molar-refractivity contribution in [3.05, 3.63) is 55.8 Å². The van der Waals surface area contributed by atoms with Crippen LogP contribution in [-0.4, -0.2) is 10.8 Å². The van der Waals surface area contributed by atoms with E-state index in [9.17, 15) is 14.9 Å². The summed E-state index contributed by atoms with van der Waals surface area (Å²) < 4.78 is 0. The molecule has 2 rings (SSSR count). The highest BCUT2D eigenvalue weighted by molar-refractivity contribution is 7.14. The molecule has 1 amide bonds. The number of thiophene rings is 1. The molecule has 5 nitrogen and oxygen atoms in total. The van der Waals surface area contributed by atoms with Crippen LogP contribution < -0.4 is 5.32 Å². The summed E-state index contributed by atoms with van der Waals surface area (Å²) in [7, 11) is 0. The van der Waals surface area contributed by atoms with Crippen LogP contribution >= 0.6 is 11.3 Å². The number of amides is 1. The van der Waals surface area contributed by atoms with E-state index in [1.165, 1.54) is 29.0 Å². The van der Waals surface area contributed by atoms with Gasteiger partial charge in [0.15, 0.2) is 0 Å². The van der Waals surface area contributed by atoms with Gasteiger partial charge in [-0.2, -0.15) is 0 Å². The number of carbonyl (C=O) groups excluding carboxylic acids is 1. The summed E-state index contributed by atoms with van der Waals surface area (Å²) in [4.78, 5) is 24.2. The number of anilines is 1. The first-order chi connectivity index (χ1) is 10.0. The van der Waals surface area contributed by atoms with Crippen LogP contribution in [0.1, 0.15) is 33.5 Å². The lowest BCUT2D eigenvalue weighted by atomic mass is 10.1. The van der Waals surface area contributed by atoms with Crippen molar-refractivity contribution in [1.29, 1.82) is 0 Å². The lowest BCUT2D eigenvalue weighted by Gasteiger charge is -2.03. The molecule has 0 aliphatic heterocycles. The highest BCUT2D eigenvalue weighted by atomic mass is 32.1. The zero-order valence-electron chi connectivity index (χ0n) is 11.9. The lowest BCUT2D eigenvalue weighted by Crippen LogP contribution is -2.10. The number of nitro groups is 1. The van der Waals surface area contributed by atoms with Gasteiger partial charge in [-0.25, -0.2) is 0 Å². The highest BCUT2D eigenvalue weighted by Gasteiger charge is 2.13. The molecule has 1 N–H and O–H groups in total. The first-order valence-electron chi connectivity index (χ1n) is 6.66. The molecule has 2 aromatic rings. The standard InChI is InChI=1S/C15H16N2O3S/c1-3-5-11-8-14(21-10(11)2)15(18)16-12-6-4-7-13(9-12)17(19)20/h4,6-9H,3,5H2,1-2H3,(H,16,18). The smallest absolute Gasteiger partial charge is 0.271 e. The summed E-state index contributed by atoms with van der Waals surface area (Å²) in [6.45, 7) is 4.10. The number of hydrogen-bond donors (Lipinski definition) is 1. The minimum Gasteiger partial charge on any atom is -0.321 e. The Bertz CT molecular complexity index is 679. The molecule has 0 aliphatic carbocycles. The minimum atomic E-state index is -0.482. The quantitative estimate of drug-likeness (QED) is 0.665. The summed E-state index contributed by atoms with van der Waals surface area (Å²) in [6, 6.07) is 7.83. The molecule has 0 unspecified atom stereocenters. The van der Waals surface area contributed by atoms with Crippen molar-refractivity contribution in [3.63, 3.8) is 0 Å². The van der Waals surface area contributed by atoms with Gasteiger partial charge in [0.2, 0.25) is 0 Å². The number of carbonyl (C=O) groups is 1. The maximum Gasteiger partial charge on any atom is 0.271 e. The third kappa shape index (κ3) is 3.66. The van der Waals surface area contributed by atoms with E-state index >= 15 is 0 Å². The van der Waals surface area contributed by atoms with Gasteiger partial charge in [0.1, 0.15) is 0 Å². The maximum atomic E-state index is 12.2. The Hall–Kier alpha value is -2.21. The number of aryl methyl sites for hydroxylation is 2. The predicted octanol–water partition coefficient (Wildman–Crippen LogP) is 4.17. The fourth-order valence-corrected chi connectivity index (χ4v) is 3.01. The first kappa shape index (κ1) is 15.2. The average Bonchev–Trinajstić information content (AvgIpc) is 2.81. The molecule has 0 spiro atoms. The number of nitrogens with one attached hydrogen (secondary N) is 1. The van der Waals surface area contributed by atoms with Gasteiger partial charge in [0, 0.05) is 22.7 Å². The molecule has 0 radical (unpaired) electrons. The third-order valence-electron chi connectivity index (χ3n) is 3.08. The SMILES string of the molecule is CCCc1cc(C(=O)Nc2cccc([N+](=O)[O-])c2)sc1C. The molecule has 6 heteroatoms. The zero-order chi connectivity index (χ0) is 15.4. The Kier molecular flexibility index (Phi) is 4.70. The van der Waals surface area contributed by atoms with Gasteiger partial charge in [0.05, 0.1) is 9.80 Å². The van der Waals surface area contributed by atoms with Gasteiger partial charge < -0.3 is 5.32 Å². The van der Waals surface area contributed by atoms with Crippen molar-refractivity contribution in [2.75, 3.05) is 5.32 Å². The van der Waals surface area contributed by atoms with E-state index in [1.54, 1.807) is 12.1 Å². The average molecular weight is 304 g/mol. The van der Waals surface area contributed by atoms with Crippen molar-refractivity contribution in [1.82, 2.24) is 0 Å². The zero-order valence-corrected chi connectivity index (χ0v) is 12.7. The lowest BCUT2D eigenvalue weighted by molar-refractivity contribution is -0.384. The van der Waals surface area contributed by atoms with Crippen molar-refractivity contribution < 1.29 is 9.72 Å². The third-order valence-corrected chi connectivity index (χ3v) is 4.17. The van der Waals surface area contributed by atoms with Crippen molar-refractivity contribution in [3.8, 4) is 0 Å². The monoisotopic (exact) mass is 304 g/mol. The molecule has 1 heterocycles. The van der Waals surface area contributed by atoms with E-state index in [0.717, 1.165) is 17.7 Å². The molecule has 0 saturated carbocycles. The van der Waals surface area contributed by atoms with Crippen LogP contribution in [0.25, 0.3) is 0 Å². The topological polar surface area (TPSA) is 72.2 Å². The molecule has 0 saturated heterocycles. The second-order valence-electron chi connectivity index (χ2n) is 4.70. The number of rotatable bonds is 5. The van der Waals surface area contributed by atoms with E-state index < -0.39 is 4.92 Å².